The van der Waals surface area contributed by atoms with E-state index in [2.05, 4.69) is 43.3 Å². The third-order valence-corrected chi connectivity index (χ3v) is 2.63. The monoisotopic (exact) mass is 253 g/mol. The molecule has 0 aliphatic carbocycles. The van der Waals surface area contributed by atoms with Gasteiger partial charge in [0.2, 0.25) is 0 Å². The van der Waals surface area contributed by atoms with E-state index in [9.17, 15) is 0 Å². The van der Waals surface area contributed by atoms with Crippen LogP contribution in [0.4, 0.5) is 5.69 Å². The summed E-state index contributed by atoms with van der Waals surface area (Å²) >= 11 is 3.33. The van der Waals surface area contributed by atoms with E-state index < -0.39 is 0 Å². The second kappa shape index (κ2) is 4.46. The summed E-state index contributed by atoms with van der Waals surface area (Å²) in [4.78, 5) is 6.50. The first-order chi connectivity index (χ1) is 6.86. The van der Waals surface area contributed by atoms with Crippen molar-refractivity contribution in [3.8, 4) is 0 Å². The number of halogens is 1. The van der Waals surface area contributed by atoms with Gasteiger partial charge in [0.05, 0.1) is 11.9 Å². The van der Waals surface area contributed by atoms with Crippen LogP contribution in [0.25, 0.3) is 0 Å². The minimum Gasteiger partial charge on any atom is -0.389 e. The molecule has 4 heteroatoms. The number of aromatic nitrogens is 1. The molecular weight excluding hydrogens is 242 g/mol. The van der Waals surface area contributed by atoms with E-state index in [1.807, 2.05) is 18.5 Å². The topological polar surface area (TPSA) is 28.2 Å². The van der Waals surface area contributed by atoms with Crippen LogP contribution in [0.15, 0.2) is 35.2 Å². The van der Waals surface area contributed by atoms with Crippen LogP contribution in [-0.4, -0.2) is 24.6 Å². The Labute approximate surface area is 92.0 Å². The Morgan fingerprint density at radius 2 is 2.36 bits per heavy atom. The smallest absolute Gasteiger partial charge is 0.106 e. The Morgan fingerprint density at radius 3 is 3.14 bits per heavy atom. The third-order valence-electron chi connectivity index (χ3n) is 2.16. The van der Waals surface area contributed by atoms with Crippen LogP contribution < -0.4 is 10.2 Å². The van der Waals surface area contributed by atoms with E-state index in [1.165, 1.54) is 5.69 Å². The number of rotatable bonds is 1. The van der Waals surface area contributed by atoms with Crippen LogP contribution in [-0.2, 0) is 0 Å². The molecule has 0 saturated carbocycles. The predicted molar refractivity (Wildman–Crippen MR) is 61.3 cm³/mol. The van der Waals surface area contributed by atoms with Gasteiger partial charge in [-0.3, -0.25) is 0 Å². The molecule has 0 aromatic carbocycles. The Hall–Kier alpha value is -1.03. The fourth-order valence-corrected chi connectivity index (χ4v) is 1.66. The van der Waals surface area contributed by atoms with E-state index in [4.69, 9.17) is 0 Å². The molecule has 14 heavy (non-hydrogen) atoms. The Morgan fingerprint density at radius 1 is 1.43 bits per heavy atom. The summed E-state index contributed by atoms with van der Waals surface area (Å²) in [5.74, 6) is 0. The van der Waals surface area contributed by atoms with Crippen molar-refractivity contribution in [2.75, 3.05) is 24.5 Å². The molecule has 1 aliphatic rings. The molecule has 74 valence electrons. The lowest BCUT2D eigenvalue weighted by Crippen LogP contribution is -2.28. The zero-order valence-corrected chi connectivity index (χ0v) is 9.37. The Balaban J connectivity index is 2.13. The number of pyridine rings is 1. The highest BCUT2D eigenvalue weighted by molar-refractivity contribution is 9.10. The lowest BCUT2D eigenvalue weighted by atomic mass is 10.3. The van der Waals surface area contributed by atoms with Crippen LogP contribution in [0.3, 0.4) is 0 Å². The van der Waals surface area contributed by atoms with Gasteiger partial charge in [0.15, 0.2) is 0 Å². The van der Waals surface area contributed by atoms with Crippen molar-refractivity contribution in [2.24, 2.45) is 0 Å². The average Bonchev–Trinajstić information content (AvgIpc) is 2.47. The van der Waals surface area contributed by atoms with Gasteiger partial charge in [0, 0.05) is 19.6 Å². The number of anilines is 1. The van der Waals surface area contributed by atoms with Gasteiger partial charge in [0.1, 0.15) is 4.60 Å². The first-order valence-electron chi connectivity index (χ1n) is 4.61. The van der Waals surface area contributed by atoms with E-state index >= 15 is 0 Å². The standard InChI is InChI=1S/C10H12BrN3/c11-10-3-2-9(8-13-10)14-6-1-4-12-5-7-14/h1-4,8,12H,5-7H2. The van der Waals surface area contributed by atoms with Gasteiger partial charge in [-0.05, 0) is 40.3 Å². The average molecular weight is 254 g/mol. The molecule has 0 bridgehead atoms. The minimum atomic E-state index is 0.879. The molecule has 0 fully saturated rings. The molecule has 2 heterocycles. The molecule has 1 N–H and O–H groups in total. The van der Waals surface area contributed by atoms with E-state index in [1.54, 1.807) is 0 Å². The second-order valence-corrected chi connectivity index (χ2v) is 3.95. The molecule has 0 radical (unpaired) electrons. The van der Waals surface area contributed by atoms with Gasteiger partial charge in [0.25, 0.3) is 0 Å². The SMILES string of the molecule is Brc1ccc(N2CC=CNCC2)cn1. The van der Waals surface area contributed by atoms with Gasteiger partial charge in [-0.15, -0.1) is 0 Å². The molecule has 0 atom stereocenters. The number of hydrogen-bond acceptors (Lipinski definition) is 3. The summed E-state index contributed by atoms with van der Waals surface area (Å²) in [5.41, 5.74) is 1.17. The van der Waals surface area contributed by atoms with Gasteiger partial charge < -0.3 is 10.2 Å². The lowest BCUT2D eigenvalue weighted by Gasteiger charge is -2.20. The first-order valence-corrected chi connectivity index (χ1v) is 5.40. The fraction of sp³-hybridized carbons (Fsp3) is 0.300. The largest absolute Gasteiger partial charge is 0.389 e. The zero-order chi connectivity index (χ0) is 9.80. The maximum absolute atomic E-state index is 4.22. The summed E-state index contributed by atoms with van der Waals surface area (Å²) in [6, 6.07) is 4.05. The number of nitrogens with one attached hydrogen (secondary N) is 1. The molecule has 0 saturated heterocycles. The number of hydrogen-bond donors (Lipinski definition) is 1. The third kappa shape index (κ3) is 2.26. The molecule has 0 unspecified atom stereocenters. The summed E-state index contributed by atoms with van der Waals surface area (Å²) in [7, 11) is 0. The molecule has 1 aliphatic heterocycles. The minimum absolute atomic E-state index is 0.879. The summed E-state index contributed by atoms with van der Waals surface area (Å²) in [6.45, 7) is 2.93. The highest BCUT2D eigenvalue weighted by Gasteiger charge is 2.06. The molecule has 0 spiro atoms. The van der Waals surface area contributed by atoms with Crippen molar-refractivity contribution >= 4 is 21.6 Å². The van der Waals surface area contributed by atoms with Crippen molar-refractivity contribution in [3.05, 3.63) is 35.2 Å². The van der Waals surface area contributed by atoms with Crippen molar-refractivity contribution in [1.29, 1.82) is 0 Å². The van der Waals surface area contributed by atoms with E-state index in [0.717, 1.165) is 24.2 Å². The molecule has 3 nitrogen and oxygen atoms in total. The van der Waals surface area contributed by atoms with Crippen molar-refractivity contribution < 1.29 is 0 Å². The van der Waals surface area contributed by atoms with Gasteiger partial charge in [-0.2, -0.15) is 0 Å². The van der Waals surface area contributed by atoms with Gasteiger partial charge in [-0.25, -0.2) is 4.98 Å². The maximum atomic E-state index is 4.22. The first kappa shape index (κ1) is 9.52. The van der Waals surface area contributed by atoms with Crippen LogP contribution in [0, 0.1) is 0 Å². The van der Waals surface area contributed by atoms with Gasteiger partial charge in [-0.1, -0.05) is 0 Å². The highest BCUT2D eigenvalue weighted by Crippen LogP contribution is 2.15. The molecular formula is C10H12BrN3. The Bertz CT molecular complexity index is 321. The second-order valence-electron chi connectivity index (χ2n) is 3.14. The normalized spacial score (nSPS) is 16.2. The van der Waals surface area contributed by atoms with Gasteiger partial charge >= 0.3 is 0 Å². The molecule has 0 amide bonds. The van der Waals surface area contributed by atoms with Crippen molar-refractivity contribution in [3.63, 3.8) is 0 Å². The van der Waals surface area contributed by atoms with Crippen molar-refractivity contribution in [2.45, 2.75) is 0 Å². The van der Waals surface area contributed by atoms with Crippen LogP contribution >= 0.6 is 15.9 Å². The lowest BCUT2D eigenvalue weighted by molar-refractivity contribution is 0.800. The van der Waals surface area contributed by atoms with E-state index in [0.29, 0.717) is 0 Å². The van der Waals surface area contributed by atoms with Crippen LogP contribution in [0.2, 0.25) is 0 Å². The van der Waals surface area contributed by atoms with Crippen LogP contribution in [0.1, 0.15) is 0 Å². The zero-order valence-electron chi connectivity index (χ0n) is 7.78. The maximum Gasteiger partial charge on any atom is 0.106 e. The fourth-order valence-electron chi connectivity index (χ4n) is 1.43. The summed E-state index contributed by atoms with van der Waals surface area (Å²) < 4.78 is 0.879. The predicted octanol–water partition coefficient (Wildman–Crippen LogP) is 1.77. The van der Waals surface area contributed by atoms with Crippen LogP contribution in [0.5, 0.6) is 0 Å². The molecule has 1 aromatic rings. The summed E-state index contributed by atoms with van der Waals surface area (Å²) in [6.07, 6.45) is 6.02. The highest BCUT2D eigenvalue weighted by atomic mass is 79.9. The van der Waals surface area contributed by atoms with E-state index in [-0.39, 0.29) is 0 Å². The molecule has 1 aromatic heterocycles. The summed E-state index contributed by atoms with van der Waals surface area (Å²) in [5, 5.41) is 3.21. The quantitative estimate of drug-likeness (QED) is 0.774. The Kier molecular flexibility index (Phi) is 3.03. The van der Waals surface area contributed by atoms with Crippen molar-refractivity contribution in [1.82, 2.24) is 10.3 Å². The number of nitrogens with zero attached hydrogens (tertiary/aromatic N) is 2. The molecule has 2 rings (SSSR count).